The Morgan fingerprint density at radius 1 is 1.31 bits per heavy atom. The highest BCUT2D eigenvalue weighted by molar-refractivity contribution is 5.17. The largest absolute Gasteiger partial charge is 0.325 e. The fourth-order valence-corrected chi connectivity index (χ4v) is 1.53. The van der Waals surface area contributed by atoms with E-state index in [9.17, 15) is 4.79 Å². The Morgan fingerprint density at radius 3 is 2.94 bits per heavy atom. The molecule has 0 bridgehead atoms. The average molecular weight is 215 g/mol. The molecule has 0 fully saturated rings. The lowest BCUT2D eigenvalue weighted by atomic mass is 10.2. The molecule has 0 unspecified atom stereocenters. The highest BCUT2D eigenvalue weighted by atomic mass is 16.1. The van der Waals surface area contributed by atoms with E-state index in [-0.39, 0.29) is 5.56 Å². The van der Waals surface area contributed by atoms with Gasteiger partial charge in [-0.05, 0) is 23.8 Å². The van der Waals surface area contributed by atoms with Crippen molar-refractivity contribution in [1.82, 2.24) is 9.55 Å². The molecule has 0 radical (unpaired) electrons. The predicted molar refractivity (Wildman–Crippen MR) is 61.9 cm³/mol. The summed E-state index contributed by atoms with van der Waals surface area (Å²) in [5, 5.41) is 0. The van der Waals surface area contributed by atoms with Crippen molar-refractivity contribution >= 4 is 0 Å². The zero-order chi connectivity index (χ0) is 11.4. The summed E-state index contributed by atoms with van der Waals surface area (Å²) in [5.41, 5.74) is 7.37. The van der Waals surface area contributed by atoms with Gasteiger partial charge in [-0.15, -0.1) is 0 Å². The van der Waals surface area contributed by atoms with Crippen molar-refractivity contribution in [2.45, 2.75) is 13.1 Å². The molecule has 16 heavy (non-hydrogen) atoms. The van der Waals surface area contributed by atoms with E-state index in [1.54, 1.807) is 29.1 Å². The molecule has 82 valence electrons. The minimum absolute atomic E-state index is 0.00592. The third-order valence-electron chi connectivity index (χ3n) is 2.34. The second-order valence-electron chi connectivity index (χ2n) is 3.53. The smallest absolute Gasteiger partial charge is 0.250 e. The molecule has 4 heteroatoms. The maximum Gasteiger partial charge on any atom is 0.250 e. The van der Waals surface area contributed by atoms with Crippen molar-refractivity contribution < 1.29 is 0 Å². The van der Waals surface area contributed by atoms with Crippen LogP contribution in [-0.2, 0) is 13.1 Å². The Kier molecular flexibility index (Phi) is 3.12. The van der Waals surface area contributed by atoms with Crippen molar-refractivity contribution in [3.63, 3.8) is 0 Å². The van der Waals surface area contributed by atoms with Gasteiger partial charge in [0, 0.05) is 25.0 Å². The Hall–Kier alpha value is -1.94. The molecule has 0 spiro atoms. The Balaban J connectivity index is 2.27. The van der Waals surface area contributed by atoms with E-state index in [0.717, 1.165) is 11.3 Å². The first-order chi connectivity index (χ1) is 7.79. The molecule has 4 nitrogen and oxygen atoms in total. The molecule has 0 aliphatic heterocycles. The molecule has 2 aromatic rings. The zero-order valence-corrected chi connectivity index (χ0v) is 8.84. The van der Waals surface area contributed by atoms with Gasteiger partial charge in [-0.2, -0.15) is 0 Å². The Labute approximate surface area is 93.4 Å². The summed E-state index contributed by atoms with van der Waals surface area (Å²) < 4.78 is 1.65. The Bertz CT molecular complexity index is 534. The second kappa shape index (κ2) is 4.72. The van der Waals surface area contributed by atoms with Gasteiger partial charge < -0.3 is 10.3 Å². The van der Waals surface area contributed by atoms with Crippen LogP contribution in [0.15, 0.2) is 47.5 Å². The van der Waals surface area contributed by atoms with Gasteiger partial charge in [0.1, 0.15) is 0 Å². The fraction of sp³-hybridized carbons (Fsp3) is 0.167. The molecule has 0 saturated carbocycles. The molecular formula is C12H13N3O. The molecule has 0 aliphatic rings. The van der Waals surface area contributed by atoms with E-state index in [1.165, 1.54) is 0 Å². The highest BCUT2D eigenvalue weighted by Crippen LogP contribution is 2.02. The third kappa shape index (κ3) is 2.35. The van der Waals surface area contributed by atoms with Crippen molar-refractivity contribution in [2.24, 2.45) is 5.73 Å². The van der Waals surface area contributed by atoms with E-state index in [2.05, 4.69) is 4.98 Å². The first-order valence-electron chi connectivity index (χ1n) is 5.09. The number of hydrogen-bond acceptors (Lipinski definition) is 3. The number of pyridine rings is 2. The van der Waals surface area contributed by atoms with E-state index >= 15 is 0 Å². The standard InChI is InChI=1S/C12H13N3O/c13-8-11-7-10(4-5-14-11)9-15-6-2-1-3-12(15)16/h1-7H,8-9,13H2. The van der Waals surface area contributed by atoms with E-state index in [0.29, 0.717) is 13.1 Å². The quantitative estimate of drug-likeness (QED) is 0.821. The van der Waals surface area contributed by atoms with Gasteiger partial charge in [0.15, 0.2) is 0 Å². The van der Waals surface area contributed by atoms with Gasteiger partial charge in [0.2, 0.25) is 0 Å². The predicted octanol–water partition coefficient (Wildman–Crippen LogP) is 0.750. The first-order valence-corrected chi connectivity index (χ1v) is 5.09. The molecular weight excluding hydrogens is 202 g/mol. The first kappa shape index (κ1) is 10.6. The van der Waals surface area contributed by atoms with Gasteiger partial charge in [0.25, 0.3) is 5.56 Å². The summed E-state index contributed by atoms with van der Waals surface area (Å²) >= 11 is 0. The van der Waals surface area contributed by atoms with E-state index in [1.807, 2.05) is 18.2 Å². The zero-order valence-electron chi connectivity index (χ0n) is 8.84. The lowest BCUT2D eigenvalue weighted by molar-refractivity contribution is 0.755. The van der Waals surface area contributed by atoms with Gasteiger partial charge >= 0.3 is 0 Å². The fourth-order valence-electron chi connectivity index (χ4n) is 1.53. The summed E-state index contributed by atoms with van der Waals surface area (Å²) in [6, 6.07) is 8.92. The normalized spacial score (nSPS) is 10.3. The molecule has 0 amide bonds. The minimum Gasteiger partial charge on any atom is -0.325 e. The van der Waals surface area contributed by atoms with Crippen LogP contribution in [0.2, 0.25) is 0 Å². The summed E-state index contributed by atoms with van der Waals surface area (Å²) in [5.74, 6) is 0. The monoisotopic (exact) mass is 215 g/mol. The van der Waals surface area contributed by atoms with Crippen LogP contribution in [0, 0.1) is 0 Å². The van der Waals surface area contributed by atoms with Crippen LogP contribution >= 0.6 is 0 Å². The number of aromatic nitrogens is 2. The molecule has 2 heterocycles. The lowest BCUT2D eigenvalue weighted by Crippen LogP contribution is -2.18. The summed E-state index contributed by atoms with van der Waals surface area (Å²) in [6.07, 6.45) is 3.48. The molecule has 0 aromatic carbocycles. The lowest BCUT2D eigenvalue weighted by Gasteiger charge is -2.05. The molecule has 2 aromatic heterocycles. The van der Waals surface area contributed by atoms with Gasteiger partial charge in [-0.1, -0.05) is 6.07 Å². The topological polar surface area (TPSA) is 60.9 Å². The van der Waals surface area contributed by atoms with Crippen LogP contribution in [0.4, 0.5) is 0 Å². The average Bonchev–Trinajstić information content (AvgIpc) is 2.32. The van der Waals surface area contributed by atoms with Crippen molar-refractivity contribution in [1.29, 1.82) is 0 Å². The Morgan fingerprint density at radius 2 is 2.19 bits per heavy atom. The molecule has 0 saturated heterocycles. The van der Waals surface area contributed by atoms with Gasteiger partial charge in [-0.25, -0.2) is 0 Å². The molecule has 0 aliphatic carbocycles. The number of nitrogens with two attached hydrogens (primary N) is 1. The van der Waals surface area contributed by atoms with Crippen LogP contribution in [0.1, 0.15) is 11.3 Å². The maximum atomic E-state index is 11.5. The van der Waals surface area contributed by atoms with Crippen LogP contribution in [0.25, 0.3) is 0 Å². The third-order valence-corrected chi connectivity index (χ3v) is 2.34. The molecule has 2 N–H and O–H groups in total. The van der Waals surface area contributed by atoms with Crippen LogP contribution in [0.3, 0.4) is 0 Å². The van der Waals surface area contributed by atoms with E-state index in [4.69, 9.17) is 5.73 Å². The van der Waals surface area contributed by atoms with Crippen molar-refractivity contribution in [3.05, 3.63) is 64.3 Å². The van der Waals surface area contributed by atoms with Crippen molar-refractivity contribution in [3.8, 4) is 0 Å². The minimum atomic E-state index is -0.00592. The second-order valence-corrected chi connectivity index (χ2v) is 3.53. The number of rotatable bonds is 3. The van der Waals surface area contributed by atoms with Gasteiger partial charge in [-0.3, -0.25) is 9.78 Å². The van der Waals surface area contributed by atoms with Crippen LogP contribution in [-0.4, -0.2) is 9.55 Å². The van der Waals surface area contributed by atoms with E-state index < -0.39 is 0 Å². The van der Waals surface area contributed by atoms with Crippen LogP contribution in [0.5, 0.6) is 0 Å². The summed E-state index contributed by atoms with van der Waals surface area (Å²) in [7, 11) is 0. The maximum absolute atomic E-state index is 11.5. The molecule has 2 rings (SSSR count). The van der Waals surface area contributed by atoms with Crippen LogP contribution < -0.4 is 11.3 Å². The highest BCUT2D eigenvalue weighted by Gasteiger charge is 1.98. The number of hydrogen-bond donors (Lipinski definition) is 1. The summed E-state index contributed by atoms with van der Waals surface area (Å²) in [4.78, 5) is 15.6. The molecule has 0 atom stereocenters. The van der Waals surface area contributed by atoms with Crippen molar-refractivity contribution in [2.75, 3.05) is 0 Å². The number of nitrogens with zero attached hydrogens (tertiary/aromatic N) is 2. The summed E-state index contributed by atoms with van der Waals surface area (Å²) in [6.45, 7) is 0.965. The SMILES string of the molecule is NCc1cc(Cn2ccccc2=O)ccn1. The van der Waals surface area contributed by atoms with Gasteiger partial charge in [0.05, 0.1) is 12.2 Å².